The Morgan fingerprint density at radius 1 is 1.62 bits per heavy atom. The van der Waals surface area contributed by atoms with Gasteiger partial charge in [-0.25, -0.2) is 0 Å². The molecule has 0 aromatic rings. The molecule has 4 atom stereocenters. The van der Waals surface area contributed by atoms with Crippen LogP contribution in [0.4, 0.5) is 0 Å². The van der Waals surface area contributed by atoms with Crippen molar-refractivity contribution in [3.05, 3.63) is 0 Å². The number of amides is 1. The molecular formula is C10H17NO5. The van der Waals surface area contributed by atoms with E-state index in [0.717, 1.165) is 0 Å². The van der Waals surface area contributed by atoms with Crippen molar-refractivity contribution in [3.63, 3.8) is 0 Å². The van der Waals surface area contributed by atoms with Gasteiger partial charge in [-0.05, 0) is 0 Å². The Morgan fingerprint density at radius 2 is 2.31 bits per heavy atom. The minimum absolute atomic E-state index is 0.149. The molecule has 0 radical (unpaired) electrons. The average molecular weight is 231 g/mol. The highest BCUT2D eigenvalue weighted by molar-refractivity contribution is 5.78. The van der Waals surface area contributed by atoms with Crippen LogP contribution in [0.25, 0.3) is 0 Å². The van der Waals surface area contributed by atoms with Crippen molar-refractivity contribution in [3.8, 4) is 0 Å². The van der Waals surface area contributed by atoms with Crippen molar-refractivity contribution in [2.75, 3.05) is 13.2 Å². The van der Waals surface area contributed by atoms with Gasteiger partial charge in [0.1, 0.15) is 18.2 Å². The standard InChI is InChI=1S/C10H17NO5/c1-5(2)9(13)11-7-4-15-6(3-12)8-10(7,14)16-8/h5-8,12,14H,3-4H2,1-2H3,(H,11,13). The molecule has 0 aromatic carbocycles. The minimum atomic E-state index is -1.36. The molecule has 0 spiro atoms. The summed E-state index contributed by atoms with van der Waals surface area (Å²) in [5, 5.41) is 21.6. The summed E-state index contributed by atoms with van der Waals surface area (Å²) in [5.74, 6) is -1.67. The lowest BCUT2D eigenvalue weighted by atomic mass is 10.0. The number of hydrogen-bond acceptors (Lipinski definition) is 5. The molecule has 1 amide bonds. The SMILES string of the molecule is CC(C)C(=O)NC1COC(CO)C2OC12O. The molecule has 0 bridgehead atoms. The van der Waals surface area contributed by atoms with E-state index in [1.165, 1.54) is 0 Å². The molecule has 3 N–H and O–H groups in total. The number of aliphatic hydroxyl groups is 2. The van der Waals surface area contributed by atoms with Gasteiger partial charge in [-0.2, -0.15) is 0 Å². The summed E-state index contributed by atoms with van der Waals surface area (Å²) in [5.41, 5.74) is 0. The third kappa shape index (κ3) is 1.82. The van der Waals surface area contributed by atoms with Crippen molar-refractivity contribution >= 4 is 5.91 Å². The summed E-state index contributed by atoms with van der Waals surface area (Å²) in [6.45, 7) is 3.49. The average Bonchev–Trinajstić information content (AvgIpc) is 2.92. The molecule has 0 aliphatic carbocycles. The van der Waals surface area contributed by atoms with Crippen molar-refractivity contribution in [1.82, 2.24) is 5.32 Å². The minimum Gasteiger partial charge on any atom is -0.394 e. The van der Waals surface area contributed by atoms with Crippen LogP contribution in [0, 0.1) is 5.92 Å². The van der Waals surface area contributed by atoms with E-state index in [2.05, 4.69) is 5.32 Å². The number of carbonyl (C=O) groups excluding carboxylic acids is 1. The van der Waals surface area contributed by atoms with Crippen LogP contribution in [0.1, 0.15) is 13.8 Å². The van der Waals surface area contributed by atoms with E-state index >= 15 is 0 Å². The highest BCUT2D eigenvalue weighted by atomic mass is 16.8. The zero-order chi connectivity index (χ0) is 11.9. The molecule has 16 heavy (non-hydrogen) atoms. The molecule has 2 fully saturated rings. The first-order chi connectivity index (χ1) is 7.49. The Kier molecular flexibility index (Phi) is 2.91. The van der Waals surface area contributed by atoms with Crippen LogP contribution in [0.15, 0.2) is 0 Å². The fourth-order valence-electron chi connectivity index (χ4n) is 1.85. The normalized spacial score (nSPS) is 41.7. The molecule has 2 saturated heterocycles. The van der Waals surface area contributed by atoms with Crippen molar-refractivity contribution in [1.29, 1.82) is 0 Å². The van der Waals surface area contributed by atoms with Gasteiger partial charge in [0.15, 0.2) is 0 Å². The maximum Gasteiger partial charge on any atom is 0.223 e. The summed E-state index contributed by atoms with van der Waals surface area (Å²) in [4.78, 5) is 11.5. The van der Waals surface area contributed by atoms with Crippen LogP contribution in [-0.2, 0) is 14.3 Å². The largest absolute Gasteiger partial charge is 0.394 e. The molecule has 2 aliphatic rings. The second-order valence-electron chi connectivity index (χ2n) is 4.56. The van der Waals surface area contributed by atoms with Gasteiger partial charge < -0.3 is 25.0 Å². The first-order valence-corrected chi connectivity index (χ1v) is 5.42. The van der Waals surface area contributed by atoms with E-state index in [1.54, 1.807) is 13.8 Å². The van der Waals surface area contributed by atoms with E-state index in [0.29, 0.717) is 0 Å². The van der Waals surface area contributed by atoms with Crippen LogP contribution in [0.5, 0.6) is 0 Å². The molecule has 2 heterocycles. The number of fused-ring (bicyclic) bond motifs is 1. The molecular weight excluding hydrogens is 214 g/mol. The number of carbonyl (C=O) groups is 1. The summed E-state index contributed by atoms with van der Waals surface area (Å²) in [6.07, 6.45) is -1.04. The highest BCUT2D eigenvalue weighted by Gasteiger charge is 2.67. The first-order valence-electron chi connectivity index (χ1n) is 5.42. The van der Waals surface area contributed by atoms with Gasteiger partial charge >= 0.3 is 0 Å². The van der Waals surface area contributed by atoms with Gasteiger partial charge in [-0.15, -0.1) is 0 Å². The number of ether oxygens (including phenoxy) is 2. The molecule has 2 aliphatic heterocycles. The van der Waals surface area contributed by atoms with Crippen molar-refractivity contribution < 1.29 is 24.5 Å². The topological polar surface area (TPSA) is 91.3 Å². The monoisotopic (exact) mass is 231 g/mol. The zero-order valence-corrected chi connectivity index (χ0v) is 9.34. The third-order valence-corrected chi connectivity index (χ3v) is 3.00. The van der Waals surface area contributed by atoms with Crippen LogP contribution in [0.2, 0.25) is 0 Å². The van der Waals surface area contributed by atoms with Crippen LogP contribution >= 0.6 is 0 Å². The molecule has 4 unspecified atom stereocenters. The maximum absolute atomic E-state index is 11.5. The lowest BCUT2D eigenvalue weighted by Gasteiger charge is -2.29. The van der Waals surface area contributed by atoms with E-state index in [1.807, 2.05) is 0 Å². The second-order valence-corrected chi connectivity index (χ2v) is 4.56. The molecule has 6 heteroatoms. The summed E-state index contributed by atoms with van der Waals surface area (Å²) in [7, 11) is 0. The van der Waals surface area contributed by atoms with E-state index in [4.69, 9.17) is 14.6 Å². The number of aliphatic hydroxyl groups excluding tert-OH is 1. The zero-order valence-electron chi connectivity index (χ0n) is 9.34. The number of hydrogen-bond donors (Lipinski definition) is 3. The first kappa shape index (κ1) is 11.8. The highest BCUT2D eigenvalue weighted by Crippen LogP contribution is 2.43. The fourth-order valence-corrected chi connectivity index (χ4v) is 1.85. The Bertz CT molecular complexity index is 295. The summed E-state index contributed by atoms with van der Waals surface area (Å²) >= 11 is 0. The summed E-state index contributed by atoms with van der Waals surface area (Å²) < 4.78 is 10.4. The predicted octanol–water partition coefficient (Wildman–Crippen LogP) is -1.39. The van der Waals surface area contributed by atoms with Crippen LogP contribution < -0.4 is 5.32 Å². The fraction of sp³-hybridized carbons (Fsp3) is 0.900. The maximum atomic E-state index is 11.5. The number of rotatable bonds is 3. The van der Waals surface area contributed by atoms with Crippen LogP contribution in [0.3, 0.4) is 0 Å². The van der Waals surface area contributed by atoms with Crippen molar-refractivity contribution in [2.45, 2.75) is 37.9 Å². The van der Waals surface area contributed by atoms with Crippen molar-refractivity contribution in [2.24, 2.45) is 5.92 Å². The quantitative estimate of drug-likeness (QED) is 0.520. The third-order valence-electron chi connectivity index (χ3n) is 3.00. The lowest BCUT2D eigenvalue weighted by molar-refractivity contribution is -0.131. The molecule has 0 saturated carbocycles. The number of nitrogens with one attached hydrogen (secondary N) is 1. The summed E-state index contributed by atoms with van der Waals surface area (Å²) in [6, 6.07) is -0.560. The molecule has 6 nitrogen and oxygen atoms in total. The Balaban J connectivity index is 1.96. The van der Waals surface area contributed by atoms with E-state index < -0.39 is 24.0 Å². The van der Waals surface area contributed by atoms with Gasteiger partial charge in [-0.3, -0.25) is 4.79 Å². The Hall–Kier alpha value is -0.690. The number of epoxide rings is 1. The lowest BCUT2D eigenvalue weighted by Crippen LogP contribution is -2.56. The van der Waals surface area contributed by atoms with E-state index in [-0.39, 0.29) is 25.0 Å². The van der Waals surface area contributed by atoms with Gasteiger partial charge in [0.05, 0.1) is 13.2 Å². The molecule has 2 rings (SSSR count). The second kappa shape index (κ2) is 3.96. The van der Waals surface area contributed by atoms with Gasteiger partial charge in [0.2, 0.25) is 11.7 Å². The van der Waals surface area contributed by atoms with Crippen LogP contribution in [-0.4, -0.2) is 53.4 Å². The van der Waals surface area contributed by atoms with Gasteiger partial charge in [0.25, 0.3) is 0 Å². The Labute approximate surface area is 93.5 Å². The molecule has 92 valence electrons. The van der Waals surface area contributed by atoms with Gasteiger partial charge in [0, 0.05) is 5.92 Å². The molecule has 0 aromatic heterocycles. The smallest absolute Gasteiger partial charge is 0.223 e. The van der Waals surface area contributed by atoms with Gasteiger partial charge in [-0.1, -0.05) is 13.8 Å². The predicted molar refractivity (Wildman–Crippen MR) is 53.4 cm³/mol. The van der Waals surface area contributed by atoms with E-state index in [9.17, 15) is 9.90 Å². The Morgan fingerprint density at radius 3 is 2.88 bits per heavy atom.